The first kappa shape index (κ1) is 27.3. The van der Waals surface area contributed by atoms with Crippen molar-refractivity contribution in [2.24, 2.45) is 0 Å². The number of aryl methyl sites for hydroxylation is 1. The molecule has 9 nitrogen and oxygen atoms in total. The van der Waals surface area contributed by atoms with Crippen molar-refractivity contribution >= 4 is 67.2 Å². The number of furan rings is 1. The van der Waals surface area contributed by atoms with Gasteiger partial charge in [-0.15, -0.1) is 0 Å². The summed E-state index contributed by atoms with van der Waals surface area (Å²) >= 11 is 12.1. The Labute approximate surface area is 239 Å². The molecule has 0 saturated carbocycles. The number of halogens is 2. The van der Waals surface area contributed by atoms with Gasteiger partial charge < -0.3 is 15.1 Å². The van der Waals surface area contributed by atoms with E-state index in [0.717, 1.165) is 11.8 Å². The molecule has 40 heavy (non-hydrogen) atoms. The van der Waals surface area contributed by atoms with Gasteiger partial charge in [0.1, 0.15) is 11.3 Å². The fraction of sp³-hybridized carbons (Fsp3) is 0.0714. The van der Waals surface area contributed by atoms with Crippen LogP contribution in [0.1, 0.15) is 32.2 Å². The second-order valence-electron chi connectivity index (χ2n) is 8.81. The van der Waals surface area contributed by atoms with Crippen LogP contribution in [0.3, 0.4) is 0 Å². The van der Waals surface area contributed by atoms with Crippen molar-refractivity contribution in [3.63, 3.8) is 0 Å². The molecule has 2 heterocycles. The Hall–Kier alpha value is -4.25. The summed E-state index contributed by atoms with van der Waals surface area (Å²) in [6.45, 7) is 1.85. The van der Waals surface area contributed by atoms with Crippen LogP contribution >= 0.6 is 23.2 Å². The van der Waals surface area contributed by atoms with E-state index in [0.29, 0.717) is 27.2 Å². The summed E-state index contributed by atoms with van der Waals surface area (Å²) < 4.78 is 31.9. The van der Waals surface area contributed by atoms with E-state index >= 15 is 0 Å². The molecular formula is C28H20Cl2N4O5S. The van der Waals surface area contributed by atoms with Gasteiger partial charge in [-0.05, 0) is 48.9 Å². The number of carbonyl (C=O) groups is 2. The average molecular weight is 595 g/mol. The summed E-state index contributed by atoms with van der Waals surface area (Å²) in [7, 11) is -4.01. The van der Waals surface area contributed by atoms with Gasteiger partial charge in [-0.25, -0.2) is 18.4 Å². The first-order valence-corrected chi connectivity index (χ1v) is 14.2. The maximum atomic E-state index is 13.4. The van der Waals surface area contributed by atoms with Crippen LogP contribution in [0.15, 0.2) is 88.6 Å². The van der Waals surface area contributed by atoms with Crippen molar-refractivity contribution in [1.29, 1.82) is 0 Å². The third kappa shape index (κ3) is 5.84. The van der Waals surface area contributed by atoms with Crippen LogP contribution in [-0.4, -0.2) is 30.2 Å². The number of amides is 2. The molecule has 12 heteroatoms. The number of hydrogen-bond acceptors (Lipinski definition) is 7. The van der Waals surface area contributed by atoms with Crippen LogP contribution in [0.5, 0.6) is 0 Å². The summed E-state index contributed by atoms with van der Waals surface area (Å²) in [6, 6.07) is 20.2. The standard InChI is InChI=1S/C28H20Cl2N4O5S/c1-16-5-4-6-17(13-16)15-40(37,38)28-31-14-21(30)24(34-28)26(35)33-23-20-7-2-3-8-22(20)39-25(23)27(36)32-19-11-9-18(29)10-12-19/h2-14H,15H2,1H3,(H,32,36)(H,33,35). The molecule has 0 spiro atoms. The van der Waals surface area contributed by atoms with Crippen molar-refractivity contribution < 1.29 is 22.4 Å². The van der Waals surface area contributed by atoms with E-state index < -0.39 is 26.8 Å². The predicted molar refractivity (Wildman–Crippen MR) is 153 cm³/mol. The number of benzene rings is 3. The third-order valence-corrected chi connectivity index (χ3v) is 7.79. The van der Waals surface area contributed by atoms with Crippen molar-refractivity contribution in [3.8, 4) is 0 Å². The van der Waals surface area contributed by atoms with Crippen LogP contribution < -0.4 is 10.6 Å². The van der Waals surface area contributed by atoms with E-state index in [1.807, 2.05) is 13.0 Å². The zero-order chi connectivity index (χ0) is 28.4. The van der Waals surface area contributed by atoms with Crippen molar-refractivity contribution in [2.75, 3.05) is 10.6 Å². The summed E-state index contributed by atoms with van der Waals surface area (Å²) in [5.41, 5.74) is 1.92. The van der Waals surface area contributed by atoms with Crippen LogP contribution in [-0.2, 0) is 15.6 Å². The van der Waals surface area contributed by atoms with Crippen molar-refractivity contribution in [3.05, 3.63) is 112 Å². The molecule has 5 rings (SSSR count). The predicted octanol–water partition coefficient (Wildman–Crippen LogP) is 6.32. The lowest BCUT2D eigenvalue weighted by atomic mass is 10.2. The first-order valence-electron chi connectivity index (χ1n) is 11.8. The molecular weight excluding hydrogens is 575 g/mol. The summed E-state index contributed by atoms with van der Waals surface area (Å²) in [4.78, 5) is 34.3. The Morgan fingerprint density at radius 2 is 1.68 bits per heavy atom. The molecule has 2 amide bonds. The number of hydrogen-bond donors (Lipinski definition) is 2. The van der Waals surface area contributed by atoms with Crippen LogP contribution in [0.4, 0.5) is 11.4 Å². The normalized spacial score (nSPS) is 11.4. The molecule has 0 radical (unpaired) electrons. The largest absolute Gasteiger partial charge is 0.449 e. The van der Waals surface area contributed by atoms with Crippen LogP contribution in [0.2, 0.25) is 10.0 Å². The Bertz CT molecular complexity index is 1870. The van der Waals surface area contributed by atoms with Crippen molar-refractivity contribution in [1.82, 2.24) is 9.97 Å². The molecule has 202 valence electrons. The smallest absolute Gasteiger partial charge is 0.293 e. The SMILES string of the molecule is Cc1cccc(CS(=O)(=O)c2ncc(Cl)c(C(=O)Nc3c(C(=O)Nc4ccc(Cl)cc4)oc4ccccc34)n2)c1. The zero-order valence-electron chi connectivity index (χ0n) is 20.8. The zero-order valence-corrected chi connectivity index (χ0v) is 23.1. The summed E-state index contributed by atoms with van der Waals surface area (Å²) in [6.07, 6.45) is 1.05. The van der Waals surface area contributed by atoms with Crippen molar-refractivity contribution in [2.45, 2.75) is 17.8 Å². The molecule has 3 aromatic carbocycles. The van der Waals surface area contributed by atoms with Crippen LogP contribution in [0, 0.1) is 6.92 Å². The van der Waals surface area contributed by atoms with Gasteiger partial charge in [-0.2, -0.15) is 0 Å². The lowest BCUT2D eigenvalue weighted by Gasteiger charge is -2.09. The second-order valence-corrected chi connectivity index (χ2v) is 11.5. The minimum atomic E-state index is -4.01. The lowest BCUT2D eigenvalue weighted by Crippen LogP contribution is -2.20. The maximum absolute atomic E-state index is 13.4. The molecule has 0 atom stereocenters. The minimum Gasteiger partial charge on any atom is -0.449 e. The topological polar surface area (TPSA) is 131 Å². The van der Waals surface area contributed by atoms with E-state index in [2.05, 4.69) is 20.6 Å². The van der Waals surface area contributed by atoms with Gasteiger partial charge >= 0.3 is 0 Å². The summed E-state index contributed by atoms with van der Waals surface area (Å²) in [5, 5.41) is 5.52. The number of sulfone groups is 1. The van der Waals surface area contributed by atoms with E-state index in [1.165, 1.54) is 0 Å². The lowest BCUT2D eigenvalue weighted by molar-refractivity contribution is 0.0999. The first-order chi connectivity index (χ1) is 19.1. The molecule has 5 aromatic rings. The van der Waals surface area contributed by atoms with Gasteiger partial charge in [0.15, 0.2) is 5.69 Å². The van der Waals surface area contributed by atoms with Gasteiger partial charge in [-0.1, -0.05) is 65.2 Å². The molecule has 0 fully saturated rings. The molecule has 0 bridgehead atoms. The minimum absolute atomic E-state index is 0.0610. The second kappa shape index (κ2) is 11.1. The van der Waals surface area contributed by atoms with Gasteiger partial charge in [0.2, 0.25) is 20.8 Å². The molecule has 0 aliphatic carbocycles. The number of aromatic nitrogens is 2. The number of para-hydroxylation sites is 1. The Kier molecular flexibility index (Phi) is 7.57. The van der Waals surface area contributed by atoms with Gasteiger partial charge in [0, 0.05) is 16.1 Å². The van der Waals surface area contributed by atoms with Crippen LogP contribution in [0.25, 0.3) is 11.0 Å². The molecule has 0 aliphatic heterocycles. The number of fused-ring (bicyclic) bond motifs is 1. The van der Waals surface area contributed by atoms with E-state index in [4.69, 9.17) is 27.6 Å². The number of rotatable bonds is 7. The molecule has 0 saturated heterocycles. The number of anilines is 2. The highest BCUT2D eigenvalue weighted by molar-refractivity contribution is 7.90. The average Bonchev–Trinajstić information content (AvgIpc) is 3.28. The van der Waals surface area contributed by atoms with Gasteiger partial charge in [-0.3, -0.25) is 9.59 Å². The fourth-order valence-corrected chi connectivity index (χ4v) is 5.46. The molecule has 0 unspecified atom stereocenters. The molecule has 0 aliphatic rings. The highest BCUT2D eigenvalue weighted by Crippen LogP contribution is 2.32. The number of carbonyl (C=O) groups excluding carboxylic acids is 2. The summed E-state index contributed by atoms with van der Waals surface area (Å²) in [5.74, 6) is -2.03. The Morgan fingerprint density at radius 3 is 2.42 bits per heavy atom. The molecule has 2 aromatic heterocycles. The fourth-order valence-electron chi connectivity index (χ4n) is 3.97. The van der Waals surface area contributed by atoms with Gasteiger partial charge in [0.25, 0.3) is 11.8 Å². The highest BCUT2D eigenvalue weighted by atomic mass is 35.5. The Balaban J connectivity index is 1.46. The van der Waals surface area contributed by atoms with Gasteiger partial charge in [0.05, 0.1) is 17.0 Å². The molecule has 2 N–H and O–H groups in total. The van der Waals surface area contributed by atoms with E-state index in [9.17, 15) is 18.0 Å². The quantitative estimate of drug-likeness (QED) is 0.211. The number of nitrogens with one attached hydrogen (secondary N) is 2. The Morgan fingerprint density at radius 1 is 0.925 bits per heavy atom. The third-order valence-electron chi connectivity index (χ3n) is 5.80. The maximum Gasteiger partial charge on any atom is 0.293 e. The number of nitrogens with zero attached hydrogens (tertiary/aromatic N) is 2. The monoisotopic (exact) mass is 594 g/mol. The highest BCUT2D eigenvalue weighted by Gasteiger charge is 2.27. The van der Waals surface area contributed by atoms with E-state index in [1.54, 1.807) is 66.7 Å². The van der Waals surface area contributed by atoms with E-state index in [-0.39, 0.29) is 27.9 Å².